The van der Waals surface area contributed by atoms with Crippen LogP contribution in [0.2, 0.25) is 0 Å². The Hall–Kier alpha value is -1.59. The van der Waals surface area contributed by atoms with Gasteiger partial charge in [0.15, 0.2) is 0 Å². The topological polar surface area (TPSA) is 67.6 Å². The Bertz CT molecular complexity index is 421. The lowest BCUT2D eigenvalue weighted by Crippen LogP contribution is -2.27. The molecule has 0 aliphatic carbocycles. The molecular weight excluding hydrogens is 242 g/mol. The molecule has 0 aliphatic heterocycles. The summed E-state index contributed by atoms with van der Waals surface area (Å²) in [6.07, 6.45) is 0.453. The summed E-state index contributed by atoms with van der Waals surface area (Å²) in [6, 6.07) is 5.50. The molecule has 19 heavy (non-hydrogen) atoms. The molecule has 1 rings (SSSR count). The average Bonchev–Trinajstić information content (AvgIpc) is 2.38. The van der Waals surface area contributed by atoms with E-state index in [1.165, 1.54) is 0 Å². The number of carbonyl (C=O) groups is 1. The van der Waals surface area contributed by atoms with E-state index in [1.807, 2.05) is 26.1 Å². The van der Waals surface area contributed by atoms with Crippen molar-refractivity contribution in [2.45, 2.75) is 13.3 Å². The van der Waals surface area contributed by atoms with E-state index >= 15 is 0 Å². The molecule has 0 radical (unpaired) electrons. The number of hydrogen-bond acceptors (Lipinski definition) is 4. The van der Waals surface area contributed by atoms with Crippen molar-refractivity contribution in [2.75, 3.05) is 44.9 Å². The monoisotopic (exact) mass is 265 g/mol. The maximum absolute atomic E-state index is 11.8. The molecule has 0 spiro atoms. The predicted molar refractivity (Wildman–Crippen MR) is 78.2 cm³/mol. The van der Waals surface area contributed by atoms with Crippen molar-refractivity contribution < 1.29 is 9.53 Å². The van der Waals surface area contributed by atoms with Crippen molar-refractivity contribution in [2.24, 2.45) is 0 Å². The van der Waals surface area contributed by atoms with Crippen LogP contribution < -0.4 is 11.1 Å². The van der Waals surface area contributed by atoms with E-state index in [-0.39, 0.29) is 5.91 Å². The fourth-order valence-electron chi connectivity index (χ4n) is 1.64. The number of nitrogens with one attached hydrogen (secondary N) is 1. The van der Waals surface area contributed by atoms with Crippen molar-refractivity contribution in [3.63, 3.8) is 0 Å². The van der Waals surface area contributed by atoms with E-state index in [2.05, 4.69) is 10.2 Å². The molecule has 0 fully saturated rings. The van der Waals surface area contributed by atoms with Crippen LogP contribution in [0.15, 0.2) is 18.2 Å². The zero-order valence-corrected chi connectivity index (χ0v) is 11.9. The van der Waals surface area contributed by atoms with Crippen molar-refractivity contribution in [3.05, 3.63) is 23.8 Å². The SMILES string of the molecule is COCCN(C)CCC(=O)Nc1cc(N)ccc1C. The molecule has 0 atom stereocenters. The van der Waals surface area contributed by atoms with Crippen LogP contribution in [-0.4, -0.2) is 44.7 Å². The number of nitrogens with two attached hydrogens (primary N) is 1. The van der Waals surface area contributed by atoms with Crippen LogP contribution in [0.3, 0.4) is 0 Å². The minimum Gasteiger partial charge on any atom is -0.399 e. The van der Waals surface area contributed by atoms with Crippen molar-refractivity contribution >= 4 is 17.3 Å². The first-order chi connectivity index (χ1) is 9.02. The molecule has 3 N–H and O–H groups in total. The number of amides is 1. The zero-order valence-electron chi connectivity index (χ0n) is 11.9. The fourth-order valence-corrected chi connectivity index (χ4v) is 1.64. The van der Waals surface area contributed by atoms with E-state index in [4.69, 9.17) is 10.5 Å². The van der Waals surface area contributed by atoms with Gasteiger partial charge < -0.3 is 20.7 Å². The number of aryl methyl sites for hydroxylation is 1. The number of benzene rings is 1. The van der Waals surface area contributed by atoms with E-state index in [9.17, 15) is 4.79 Å². The second-order valence-electron chi connectivity index (χ2n) is 4.67. The Balaban J connectivity index is 2.40. The molecular formula is C14H23N3O2. The molecule has 5 heteroatoms. The number of anilines is 2. The smallest absolute Gasteiger partial charge is 0.225 e. The summed E-state index contributed by atoms with van der Waals surface area (Å²) in [5.74, 6) is -0.00188. The number of ether oxygens (including phenoxy) is 1. The number of hydrogen-bond donors (Lipinski definition) is 2. The second-order valence-corrected chi connectivity index (χ2v) is 4.67. The van der Waals surface area contributed by atoms with Crippen LogP contribution in [0.4, 0.5) is 11.4 Å². The normalized spacial score (nSPS) is 10.7. The summed E-state index contributed by atoms with van der Waals surface area (Å²) in [7, 11) is 3.64. The van der Waals surface area contributed by atoms with Crippen molar-refractivity contribution in [1.29, 1.82) is 0 Å². The first-order valence-corrected chi connectivity index (χ1v) is 6.36. The number of nitrogens with zero attached hydrogens (tertiary/aromatic N) is 1. The molecule has 0 heterocycles. The van der Waals surface area contributed by atoms with Crippen molar-refractivity contribution in [1.82, 2.24) is 4.90 Å². The largest absolute Gasteiger partial charge is 0.399 e. The Kier molecular flexibility index (Phi) is 6.32. The van der Waals surface area contributed by atoms with Crippen molar-refractivity contribution in [3.8, 4) is 0 Å². The van der Waals surface area contributed by atoms with Crippen LogP contribution in [0.25, 0.3) is 0 Å². The molecule has 0 bridgehead atoms. The van der Waals surface area contributed by atoms with Gasteiger partial charge in [0.2, 0.25) is 5.91 Å². The molecule has 0 saturated carbocycles. The van der Waals surface area contributed by atoms with Gasteiger partial charge in [-0.05, 0) is 31.7 Å². The minimum absolute atomic E-state index is 0.00188. The molecule has 0 unspecified atom stereocenters. The highest BCUT2D eigenvalue weighted by Crippen LogP contribution is 2.18. The number of likely N-dealkylation sites (N-methyl/N-ethyl adjacent to an activating group) is 1. The molecule has 106 valence electrons. The third-order valence-corrected chi connectivity index (χ3v) is 2.93. The maximum atomic E-state index is 11.8. The zero-order chi connectivity index (χ0) is 14.3. The molecule has 5 nitrogen and oxygen atoms in total. The summed E-state index contributed by atoms with van der Waals surface area (Å²) in [4.78, 5) is 13.9. The van der Waals surface area contributed by atoms with Gasteiger partial charge in [-0.25, -0.2) is 0 Å². The molecule has 0 saturated heterocycles. The molecule has 1 aromatic rings. The highest BCUT2D eigenvalue weighted by Gasteiger charge is 2.07. The predicted octanol–water partition coefficient (Wildman–Crippen LogP) is 1.48. The molecule has 0 aliphatic rings. The van der Waals surface area contributed by atoms with Gasteiger partial charge in [0, 0.05) is 38.0 Å². The van der Waals surface area contributed by atoms with Gasteiger partial charge in [0.25, 0.3) is 0 Å². The van der Waals surface area contributed by atoms with Gasteiger partial charge in [-0.3, -0.25) is 4.79 Å². The van der Waals surface area contributed by atoms with Gasteiger partial charge >= 0.3 is 0 Å². The van der Waals surface area contributed by atoms with Crippen LogP contribution in [-0.2, 0) is 9.53 Å². The molecule has 0 aromatic heterocycles. The van der Waals surface area contributed by atoms with Crippen LogP contribution in [0.1, 0.15) is 12.0 Å². The minimum atomic E-state index is -0.00188. The number of methoxy groups -OCH3 is 1. The molecule has 1 amide bonds. The van der Waals surface area contributed by atoms with E-state index < -0.39 is 0 Å². The summed E-state index contributed by atoms with van der Waals surface area (Å²) < 4.78 is 4.99. The number of carbonyl (C=O) groups excluding carboxylic acids is 1. The lowest BCUT2D eigenvalue weighted by atomic mass is 10.2. The highest BCUT2D eigenvalue weighted by atomic mass is 16.5. The maximum Gasteiger partial charge on any atom is 0.225 e. The Morgan fingerprint density at radius 1 is 1.42 bits per heavy atom. The van der Waals surface area contributed by atoms with Crippen LogP contribution >= 0.6 is 0 Å². The quantitative estimate of drug-likeness (QED) is 0.733. The van der Waals surface area contributed by atoms with E-state index in [1.54, 1.807) is 13.2 Å². The first kappa shape index (κ1) is 15.5. The van der Waals surface area contributed by atoms with Gasteiger partial charge in [-0.1, -0.05) is 6.07 Å². The highest BCUT2D eigenvalue weighted by molar-refractivity contribution is 5.92. The Labute approximate surface area is 114 Å². The van der Waals surface area contributed by atoms with Gasteiger partial charge in [-0.15, -0.1) is 0 Å². The summed E-state index contributed by atoms with van der Waals surface area (Å²) in [5.41, 5.74) is 8.15. The summed E-state index contributed by atoms with van der Waals surface area (Å²) in [6.45, 7) is 4.14. The second kappa shape index (κ2) is 7.76. The number of rotatable bonds is 7. The third-order valence-electron chi connectivity index (χ3n) is 2.93. The third kappa shape index (κ3) is 5.72. The van der Waals surface area contributed by atoms with E-state index in [0.717, 1.165) is 17.8 Å². The van der Waals surface area contributed by atoms with Gasteiger partial charge in [0.05, 0.1) is 6.61 Å². The van der Waals surface area contributed by atoms with Crippen LogP contribution in [0.5, 0.6) is 0 Å². The Morgan fingerprint density at radius 3 is 2.84 bits per heavy atom. The standard InChI is InChI=1S/C14H23N3O2/c1-11-4-5-12(15)10-13(11)16-14(18)6-7-17(2)8-9-19-3/h4-5,10H,6-9,15H2,1-3H3,(H,16,18). The lowest BCUT2D eigenvalue weighted by Gasteiger charge is -2.16. The van der Waals surface area contributed by atoms with Crippen LogP contribution in [0, 0.1) is 6.92 Å². The fraction of sp³-hybridized carbons (Fsp3) is 0.500. The lowest BCUT2D eigenvalue weighted by molar-refractivity contribution is -0.116. The molecule has 1 aromatic carbocycles. The first-order valence-electron chi connectivity index (χ1n) is 6.36. The number of nitrogen functional groups attached to an aromatic ring is 1. The summed E-state index contributed by atoms with van der Waals surface area (Å²) >= 11 is 0. The van der Waals surface area contributed by atoms with Gasteiger partial charge in [-0.2, -0.15) is 0 Å². The summed E-state index contributed by atoms with van der Waals surface area (Å²) in [5, 5.41) is 2.89. The van der Waals surface area contributed by atoms with Gasteiger partial charge in [0.1, 0.15) is 0 Å². The Morgan fingerprint density at radius 2 is 2.16 bits per heavy atom. The van der Waals surface area contributed by atoms with E-state index in [0.29, 0.717) is 25.3 Å². The average molecular weight is 265 g/mol.